The zero-order chi connectivity index (χ0) is 11.6. The smallest absolute Gasteiger partial charge is 0.257 e. The molecule has 0 spiro atoms. The zero-order valence-electron chi connectivity index (χ0n) is 9.56. The van der Waals surface area contributed by atoms with Crippen LogP contribution in [-0.4, -0.2) is 45.4 Å². The van der Waals surface area contributed by atoms with E-state index in [1.165, 1.54) is 4.90 Å². The van der Waals surface area contributed by atoms with E-state index in [-0.39, 0.29) is 5.91 Å². The van der Waals surface area contributed by atoms with E-state index < -0.39 is 6.10 Å². The van der Waals surface area contributed by atoms with E-state index >= 15 is 0 Å². The van der Waals surface area contributed by atoms with Gasteiger partial charge in [-0.3, -0.25) is 9.48 Å². The predicted molar refractivity (Wildman–Crippen MR) is 56.6 cm³/mol. The highest BCUT2D eigenvalue weighted by Crippen LogP contribution is 2.08. The van der Waals surface area contributed by atoms with Crippen molar-refractivity contribution in [2.24, 2.45) is 7.05 Å². The van der Waals surface area contributed by atoms with Crippen LogP contribution < -0.4 is 0 Å². The van der Waals surface area contributed by atoms with Crippen molar-refractivity contribution in [1.29, 1.82) is 0 Å². The van der Waals surface area contributed by atoms with Gasteiger partial charge in [-0.25, -0.2) is 0 Å². The number of hydrogen-bond donors (Lipinski definition) is 1. The van der Waals surface area contributed by atoms with Crippen molar-refractivity contribution < 1.29 is 9.90 Å². The standard InChI is InChI=1S/C10H17N3O2/c1-7(14)5-12(3)10(15)9-6-13(4)11-8(9)2/h6-7,14H,5H2,1-4H3. The van der Waals surface area contributed by atoms with Crippen LogP contribution in [0.5, 0.6) is 0 Å². The average molecular weight is 211 g/mol. The lowest BCUT2D eigenvalue weighted by Crippen LogP contribution is -2.33. The van der Waals surface area contributed by atoms with E-state index in [1.54, 1.807) is 38.8 Å². The number of aromatic nitrogens is 2. The third kappa shape index (κ3) is 2.79. The second kappa shape index (κ2) is 4.44. The van der Waals surface area contributed by atoms with Crippen molar-refractivity contribution in [1.82, 2.24) is 14.7 Å². The molecular formula is C10H17N3O2. The monoisotopic (exact) mass is 211 g/mol. The van der Waals surface area contributed by atoms with Gasteiger partial charge in [0.25, 0.3) is 5.91 Å². The maximum absolute atomic E-state index is 11.9. The molecule has 0 aromatic carbocycles. The summed E-state index contributed by atoms with van der Waals surface area (Å²) in [5, 5.41) is 13.3. The van der Waals surface area contributed by atoms with E-state index in [4.69, 9.17) is 0 Å². The summed E-state index contributed by atoms with van der Waals surface area (Å²) in [5.41, 5.74) is 1.29. The molecule has 0 aliphatic heterocycles. The SMILES string of the molecule is Cc1nn(C)cc1C(=O)N(C)CC(C)O. The number of amides is 1. The molecule has 1 atom stereocenters. The van der Waals surface area contributed by atoms with Gasteiger partial charge in [0, 0.05) is 26.8 Å². The fourth-order valence-corrected chi connectivity index (χ4v) is 1.49. The summed E-state index contributed by atoms with van der Waals surface area (Å²) in [6.07, 6.45) is 1.17. The molecule has 0 saturated heterocycles. The molecule has 0 saturated carbocycles. The summed E-state index contributed by atoms with van der Waals surface area (Å²) in [6, 6.07) is 0. The molecule has 84 valence electrons. The molecule has 1 aromatic heterocycles. The maximum atomic E-state index is 11.9. The number of rotatable bonds is 3. The summed E-state index contributed by atoms with van der Waals surface area (Å²) < 4.78 is 1.61. The van der Waals surface area contributed by atoms with Crippen LogP contribution in [0, 0.1) is 6.92 Å². The largest absolute Gasteiger partial charge is 0.392 e. The van der Waals surface area contributed by atoms with Gasteiger partial charge in [0.2, 0.25) is 0 Å². The van der Waals surface area contributed by atoms with Crippen LogP contribution in [0.3, 0.4) is 0 Å². The van der Waals surface area contributed by atoms with Gasteiger partial charge in [-0.2, -0.15) is 5.10 Å². The number of hydrogen-bond acceptors (Lipinski definition) is 3. The molecule has 1 amide bonds. The first-order valence-electron chi connectivity index (χ1n) is 4.85. The first kappa shape index (κ1) is 11.7. The summed E-state index contributed by atoms with van der Waals surface area (Å²) in [6.45, 7) is 3.77. The summed E-state index contributed by atoms with van der Waals surface area (Å²) >= 11 is 0. The first-order valence-corrected chi connectivity index (χ1v) is 4.85. The Kier molecular flexibility index (Phi) is 3.47. The Morgan fingerprint density at radius 3 is 2.73 bits per heavy atom. The highest BCUT2D eigenvalue weighted by atomic mass is 16.3. The summed E-state index contributed by atoms with van der Waals surface area (Å²) in [4.78, 5) is 13.4. The van der Waals surface area contributed by atoms with Crippen LogP contribution in [0.1, 0.15) is 23.0 Å². The third-order valence-electron chi connectivity index (χ3n) is 2.13. The fraction of sp³-hybridized carbons (Fsp3) is 0.600. The lowest BCUT2D eigenvalue weighted by molar-refractivity contribution is 0.0703. The molecule has 0 radical (unpaired) electrons. The zero-order valence-corrected chi connectivity index (χ0v) is 9.56. The van der Waals surface area contributed by atoms with Crippen LogP contribution in [0.15, 0.2) is 6.20 Å². The molecule has 1 aromatic rings. The minimum Gasteiger partial charge on any atom is -0.392 e. The molecule has 0 bridgehead atoms. The quantitative estimate of drug-likeness (QED) is 0.776. The number of aryl methyl sites for hydroxylation is 2. The number of aliphatic hydroxyl groups is 1. The van der Waals surface area contributed by atoms with Crippen molar-refractivity contribution in [3.63, 3.8) is 0 Å². The normalized spacial score (nSPS) is 12.6. The minimum atomic E-state index is -0.518. The number of carbonyl (C=O) groups is 1. The summed E-state index contributed by atoms with van der Waals surface area (Å²) in [5.74, 6) is -0.110. The van der Waals surface area contributed by atoms with Gasteiger partial charge in [0.05, 0.1) is 17.4 Å². The van der Waals surface area contributed by atoms with Gasteiger partial charge in [-0.05, 0) is 13.8 Å². The Hall–Kier alpha value is -1.36. The summed E-state index contributed by atoms with van der Waals surface area (Å²) in [7, 11) is 3.44. The van der Waals surface area contributed by atoms with Gasteiger partial charge in [0.15, 0.2) is 0 Å². The van der Waals surface area contributed by atoms with Crippen LogP contribution in [0.4, 0.5) is 0 Å². The lowest BCUT2D eigenvalue weighted by Gasteiger charge is -2.18. The molecule has 15 heavy (non-hydrogen) atoms. The van der Waals surface area contributed by atoms with Gasteiger partial charge >= 0.3 is 0 Å². The molecule has 1 heterocycles. The van der Waals surface area contributed by atoms with Crippen molar-refractivity contribution in [2.45, 2.75) is 20.0 Å². The second-order valence-electron chi connectivity index (χ2n) is 3.84. The van der Waals surface area contributed by atoms with E-state index in [0.717, 1.165) is 0 Å². The Bertz CT molecular complexity index is 358. The highest BCUT2D eigenvalue weighted by molar-refractivity contribution is 5.94. The van der Waals surface area contributed by atoms with E-state index in [2.05, 4.69) is 5.10 Å². The van der Waals surface area contributed by atoms with Crippen LogP contribution >= 0.6 is 0 Å². The van der Waals surface area contributed by atoms with Gasteiger partial charge in [-0.15, -0.1) is 0 Å². The number of carbonyl (C=O) groups excluding carboxylic acids is 1. The fourth-order valence-electron chi connectivity index (χ4n) is 1.49. The first-order chi connectivity index (χ1) is 6.91. The third-order valence-corrected chi connectivity index (χ3v) is 2.13. The molecule has 5 nitrogen and oxygen atoms in total. The Morgan fingerprint density at radius 2 is 2.33 bits per heavy atom. The van der Waals surface area contributed by atoms with Crippen LogP contribution in [-0.2, 0) is 7.05 Å². The number of nitrogens with zero attached hydrogens (tertiary/aromatic N) is 3. The van der Waals surface area contributed by atoms with E-state index in [9.17, 15) is 9.90 Å². The average Bonchev–Trinajstić information content (AvgIpc) is 2.42. The predicted octanol–water partition coefficient (Wildman–Crippen LogP) is 0.181. The number of likely N-dealkylation sites (N-methyl/N-ethyl adjacent to an activating group) is 1. The Morgan fingerprint density at radius 1 is 1.73 bits per heavy atom. The molecule has 0 aliphatic carbocycles. The van der Waals surface area contributed by atoms with Gasteiger partial charge in [-0.1, -0.05) is 0 Å². The molecular weight excluding hydrogens is 194 g/mol. The molecule has 0 fully saturated rings. The van der Waals surface area contributed by atoms with Crippen molar-refractivity contribution in [2.75, 3.05) is 13.6 Å². The second-order valence-corrected chi connectivity index (χ2v) is 3.84. The van der Waals surface area contributed by atoms with Crippen LogP contribution in [0.2, 0.25) is 0 Å². The molecule has 5 heteroatoms. The van der Waals surface area contributed by atoms with Crippen molar-refractivity contribution in [3.8, 4) is 0 Å². The van der Waals surface area contributed by atoms with Gasteiger partial charge in [0.1, 0.15) is 0 Å². The van der Waals surface area contributed by atoms with Crippen molar-refractivity contribution in [3.05, 3.63) is 17.5 Å². The van der Waals surface area contributed by atoms with E-state index in [0.29, 0.717) is 17.8 Å². The molecule has 1 unspecified atom stereocenters. The Labute approximate surface area is 89.3 Å². The minimum absolute atomic E-state index is 0.110. The Balaban J connectivity index is 2.80. The topological polar surface area (TPSA) is 58.4 Å². The number of aliphatic hydroxyl groups excluding tert-OH is 1. The molecule has 1 rings (SSSR count). The molecule has 1 N–H and O–H groups in total. The van der Waals surface area contributed by atoms with Crippen molar-refractivity contribution >= 4 is 5.91 Å². The van der Waals surface area contributed by atoms with Gasteiger partial charge < -0.3 is 10.0 Å². The van der Waals surface area contributed by atoms with E-state index in [1.807, 2.05) is 0 Å². The maximum Gasteiger partial charge on any atom is 0.257 e. The lowest BCUT2D eigenvalue weighted by atomic mass is 10.2. The van der Waals surface area contributed by atoms with Crippen LogP contribution in [0.25, 0.3) is 0 Å². The highest BCUT2D eigenvalue weighted by Gasteiger charge is 2.17. The molecule has 0 aliphatic rings.